The van der Waals surface area contributed by atoms with Gasteiger partial charge in [-0.2, -0.15) is 14.6 Å². The van der Waals surface area contributed by atoms with E-state index in [4.69, 9.17) is 9.47 Å². The highest BCUT2D eigenvalue weighted by Crippen LogP contribution is 2.28. The lowest BCUT2D eigenvalue weighted by molar-refractivity contribution is -0.384. The number of fused-ring (bicyclic) bond motifs is 1. The molecule has 2 aromatic heterocycles. The molecule has 0 atom stereocenters. The van der Waals surface area contributed by atoms with Crippen LogP contribution in [0.25, 0.3) is 11.0 Å². The van der Waals surface area contributed by atoms with Crippen LogP contribution in [0.15, 0.2) is 52.1 Å². The summed E-state index contributed by atoms with van der Waals surface area (Å²) in [5.74, 6) is 1.06. The zero-order valence-electron chi connectivity index (χ0n) is 17.0. The van der Waals surface area contributed by atoms with Crippen LogP contribution in [0, 0.1) is 10.1 Å². The second-order valence-electron chi connectivity index (χ2n) is 6.69. The highest BCUT2D eigenvalue weighted by Gasteiger charge is 2.13. The Bertz CT molecular complexity index is 1510. The summed E-state index contributed by atoms with van der Waals surface area (Å²) in [5, 5.41) is 15.2. The molecule has 0 unspecified atom stereocenters. The third-order valence-corrected chi connectivity index (χ3v) is 5.61. The van der Waals surface area contributed by atoms with Gasteiger partial charge in [-0.05, 0) is 29.3 Å². The Kier molecular flexibility index (Phi) is 5.65. The number of methoxy groups -OCH3 is 2. The number of nitrogens with zero attached hydrogens (tertiary/aromatic N) is 4. The molecule has 0 spiro atoms. The van der Waals surface area contributed by atoms with Crippen LogP contribution in [-0.4, -0.2) is 33.7 Å². The van der Waals surface area contributed by atoms with Crippen molar-refractivity contribution in [1.29, 1.82) is 0 Å². The highest BCUT2D eigenvalue weighted by molar-refractivity contribution is 7.15. The summed E-state index contributed by atoms with van der Waals surface area (Å²) in [7, 11) is 3.04. The van der Waals surface area contributed by atoms with Gasteiger partial charge in [0.25, 0.3) is 16.8 Å². The van der Waals surface area contributed by atoms with E-state index in [1.165, 1.54) is 38.5 Å². The van der Waals surface area contributed by atoms with E-state index in [0.29, 0.717) is 17.1 Å². The minimum Gasteiger partial charge on any atom is -0.493 e. The van der Waals surface area contributed by atoms with E-state index in [1.54, 1.807) is 24.3 Å². The van der Waals surface area contributed by atoms with Crippen LogP contribution in [0.3, 0.4) is 0 Å². The minimum absolute atomic E-state index is 0.0877. The predicted octanol–water partition coefficient (Wildman–Crippen LogP) is 1.58. The largest absolute Gasteiger partial charge is 0.493 e. The van der Waals surface area contributed by atoms with Crippen LogP contribution in [0.1, 0.15) is 16.8 Å². The maximum Gasteiger partial charge on any atom is 0.296 e. The number of nitro benzene ring substituents is 1. The Morgan fingerprint density at radius 3 is 2.62 bits per heavy atom. The molecule has 0 saturated carbocycles. The van der Waals surface area contributed by atoms with Gasteiger partial charge in [0.05, 0.1) is 23.7 Å². The molecule has 0 saturated heterocycles. The van der Waals surface area contributed by atoms with Gasteiger partial charge in [0.2, 0.25) is 4.96 Å². The average Bonchev–Trinajstić information content (AvgIpc) is 3.08. The van der Waals surface area contributed by atoms with Crippen molar-refractivity contribution in [3.05, 3.63) is 94.6 Å². The Morgan fingerprint density at radius 2 is 1.91 bits per heavy atom. The van der Waals surface area contributed by atoms with Gasteiger partial charge in [-0.15, -0.1) is 0 Å². The zero-order chi connectivity index (χ0) is 22.8. The molecule has 10 nitrogen and oxygen atoms in total. The Labute approximate surface area is 184 Å². The Hall–Kier alpha value is -4.12. The number of aromatic nitrogens is 3. The van der Waals surface area contributed by atoms with Crippen LogP contribution in [0.2, 0.25) is 0 Å². The van der Waals surface area contributed by atoms with E-state index < -0.39 is 16.0 Å². The van der Waals surface area contributed by atoms with Crippen LogP contribution < -0.4 is 25.1 Å². The first-order chi connectivity index (χ1) is 15.4. The number of benzene rings is 2. The Balaban J connectivity index is 1.76. The molecule has 0 bridgehead atoms. The van der Waals surface area contributed by atoms with Gasteiger partial charge in [-0.3, -0.25) is 19.7 Å². The molecule has 0 aliphatic rings. The molecule has 32 heavy (non-hydrogen) atoms. The summed E-state index contributed by atoms with van der Waals surface area (Å²) in [6.07, 6.45) is 1.66. The summed E-state index contributed by atoms with van der Waals surface area (Å²) in [6, 6.07) is 11.1. The lowest BCUT2D eigenvalue weighted by Crippen LogP contribution is -2.28. The van der Waals surface area contributed by atoms with Crippen molar-refractivity contribution in [2.24, 2.45) is 0 Å². The van der Waals surface area contributed by atoms with E-state index in [-0.39, 0.29) is 27.3 Å². The van der Waals surface area contributed by atoms with E-state index in [2.05, 4.69) is 10.1 Å². The number of hydrogen-bond donors (Lipinski definition) is 0. The maximum absolute atomic E-state index is 12.8. The monoisotopic (exact) mass is 452 g/mol. The van der Waals surface area contributed by atoms with Gasteiger partial charge in [0.15, 0.2) is 11.5 Å². The minimum atomic E-state index is -0.539. The molecule has 162 valence electrons. The summed E-state index contributed by atoms with van der Waals surface area (Å²) in [6.45, 7) is 0. The van der Waals surface area contributed by atoms with Crippen LogP contribution in [0.5, 0.6) is 11.5 Å². The van der Waals surface area contributed by atoms with E-state index in [0.717, 1.165) is 21.4 Å². The lowest BCUT2D eigenvalue weighted by Gasteiger charge is -2.09. The average molecular weight is 452 g/mol. The number of hydrogen-bond acceptors (Lipinski definition) is 9. The van der Waals surface area contributed by atoms with E-state index >= 15 is 0 Å². The molecule has 2 heterocycles. The first-order valence-corrected chi connectivity index (χ1v) is 10.1. The van der Waals surface area contributed by atoms with Crippen molar-refractivity contribution in [2.45, 2.75) is 6.42 Å². The van der Waals surface area contributed by atoms with Gasteiger partial charge in [-0.1, -0.05) is 29.5 Å². The van der Waals surface area contributed by atoms with Crippen molar-refractivity contribution in [1.82, 2.24) is 14.6 Å². The van der Waals surface area contributed by atoms with Crippen molar-refractivity contribution in [3.8, 4) is 11.5 Å². The van der Waals surface area contributed by atoms with Crippen LogP contribution >= 0.6 is 11.3 Å². The fourth-order valence-electron chi connectivity index (χ4n) is 3.12. The standard InChI is InChI=1S/C21H16N4O6S/c1-30-16-7-6-13(10-17(16)31-2)9-15-19(26)22-21-24(23-15)20(27)18(32-21)11-12-4-3-5-14(8-12)25(28)29/h3-8,10-11H,9H2,1-2H3. The number of nitro groups is 1. The number of non-ortho nitro benzene ring substituents is 1. The molecular weight excluding hydrogens is 436 g/mol. The lowest BCUT2D eigenvalue weighted by atomic mass is 10.1. The Morgan fingerprint density at radius 1 is 1.12 bits per heavy atom. The normalized spacial score (nSPS) is 11.6. The quantitative estimate of drug-likeness (QED) is 0.319. The second-order valence-corrected chi connectivity index (χ2v) is 7.70. The first-order valence-electron chi connectivity index (χ1n) is 9.29. The SMILES string of the molecule is COc1ccc(Cc2nn3c(=O)c(=Cc4cccc([N+](=O)[O-])c4)sc3nc2=O)cc1OC. The second kappa shape index (κ2) is 8.55. The molecule has 0 radical (unpaired) electrons. The molecule has 2 aromatic carbocycles. The smallest absolute Gasteiger partial charge is 0.296 e. The van der Waals surface area contributed by atoms with Gasteiger partial charge < -0.3 is 9.47 Å². The fourth-order valence-corrected chi connectivity index (χ4v) is 4.02. The van der Waals surface area contributed by atoms with Crippen molar-refractivity contribution < 1.29 is 14.4 Å². The van der Waals surface area contributed by atoms with Gasteiger partial charge in [0, 0.05) is 18.6 Å². The highest BCUT2D eigenvalue weighted by atomic mass is 32.1. The molecular formula is C21H16N4O6S. The van der Waals surface area contributed by atoms with Crippen molar-refractivity contribution in [3.63, 3.8) is 0 Å². The molecule has 4 aromatic rings. The van der Waals surface area contributed by atoms with Gasteiger partial charge in [0.1, 0.15) is 5.69 Å². The third kappa shape index (κ3) is 4.05. The molecule has 11 heteroatoms. The topological polar surface area (TPSA) is 126 Å². The van der Waals surface area contributed by atoms with Gasteiger partial charge >= 0.3 is 0 Å². The van der Waals surface area contributed by atoms with Crippen molar-refractivity contribution >= 4 is 28.1 Å². The summed E-state index contributed by atoms with van der Waals surface area (Å²) >= 11 is 0.988. The van der Waals surface area contributed by atoms with Crippen LogP contribution in [0.4, 0.5) is 5.69 Å². The van der Waals surface area contributed by atoms with E-state index in [9.17, 15) is 19.7 Å². The zero-order valence-corrected chi connectivity index (χ0v) is 17.8. The molecule has 4 rings (SSSR count). The third-order valence-electron chi connectivity index (χ3n) is 4.65. The molecule has 0 fully saturated rings. The van der Waals surface area contributed by atoms with Crippen molar-refractivity contribution in [2.75, 3.05) is 14.2 Å². The fraction of sp³-hybridized carbons (Fsp3) is 0.143. The van der Waals surface area contributed by atoms with E-state index in [1.807, 2.05) is 0 Å². The number of ether oxygens (including phenoxy) is 2. The molecule has 0 N–H and O–H groups in total. The number of rotatable bonds is 6. The summed E-state index contributed by atoms with van der Waals surface area (Å²) in [4.78, 5) is 39.9. The van der Waals surface area contributed by atoms with Gasteiger partial charge in [-0.25, -0.2) is 0 Å². The molecule has 0 amide bonds. The summed E-state index contributed by atoms with van der Waals surface area (Å²) in [5.41, 5.74) is 0.235. The van der Waals surface area contributed by atoms with Crippen LogP contribution in [-0.2, 0) is 6.42 Å². The maximum atomic E-state index is 12.8. The number of thiazole rings is 1. The molecule has 0 aliphatic heterocycles. The summed E-state index contributed by atoms with van der Waals surface area (Å²) < 4.78 is 11.8. The first kappa shape index (κ1) is 21.1. The molecule has 0 aliphatic carbocycles. The predicted molar refractivity (Wildman–Crippen MR) is 118 cm³/mol.